The van der Waals surface area contributed by atoms with E-state index in [0.29, 0.717) is 5.95 Å². The first-order chi connectivity index (χ1) is 12.3. The maximum atomic E-state index is 4.68. The second-order valence-corrected chi connectivity index (χ2v) is 5.86. The molecule has 1 atom stereocenters. The van der Waals surface area contributed by atoms with Crippen LogP contribution in [-0.4, -0.2) is 19.5 Å². The number of nitrogens with zero attached hydrogens (tertiary/aromatic N) is 4. The van der Waals surface area contributed by atoms with Crippen LogP contribution in [0, 0.1) is 0 Å². The summed E-state index contributed by atoms with van der Waals surface area (Å²) in [5.41, 5.74) is 3.21. The number of imidazole rings is 1. The summed E-state index contributed by atoms with van der Waals surface area (Å²) in [7, 11) is 0. The lowest BCUT2D eigenvalue weighted by atomic mass is 10.1. The highest BCUT2D eigenvalue weighted by atomic mass is 15.2. The Kier molecular flexibility index (Phi) is 4.12. The van der Waals surface area contributed by atoms with Crippen LogP contribution < -0.4 is 5.32 Å². The second-order valence-electron chi connectivity index (χ2n) is 5.86. The first kappa shape index (κ1) is 15.3. The molecule has 2 aromatic heterocycles. The molecule has 1 unspecified atom stereocenters. The van der Waals surface area contributed by atoms with Crippen LogP contribution >= 0.6 is 0 Å². The van der Waals surface area contributed by atoms with Crippen molar-refractivity contribution in [2.24, 2.45) is 0 Å². The SMILES string of the molecule is CCC(Nc1nccc(-n2cnc3ccccc32)n1)c1ccccc1. The summed E-state index contributed by atoms with van der Waals surface area (Å²) in [6, 6.07) is 20.5. The second kappa shape index (κ2) is 6.73. The van der Waals surface area contributed by atoms with Gasteiger partial charge in [-0.1, -0.05) is 49.4 Å². The van der Waals surface area contributed by atoms with E-state index < -0.39 is 0 Å². The molecular weight excluding hydrogens is 310 g/mol. The van der Waals surface area contributed by atoms with E-state index in [4.69, 9.17) is 0 Å². The Hall–Kier alpha value is -3.21. The number of anilines is 1. The summed E-state index contributed by atoms with van der Waals surface area (Å²) in [5, 5.41) is 3.44. The molecule has 0 aliphatic heterocycles. The van der Waals surface area contributed by atoms with Gasteiger partial charge in [0.1, 0.15) is 12.1 Å². The van der Waals surface area contributed by atoms with Gasteiger partial charge in [0, 0.05) is 6.20 Å². The van der Waals surface area contributed by atoms with E-state index in [9.17, 15) is 0 Å². The van der Waals surface area contributed by atoms with E-state index in [2.05, 4.69) is 51.5 Å². The fourth-order valence-corrected chi connectivity index (χ4v) is 2.96. The molecule has 124 valence electrons. The van der Waals surface area contributed by atoms with Gasteiger partial charge in [0.05, 0.1) is 17.1 Å². The first-order valence-electron chi connectivity index (χ1n) is 8.42. The molecule has 0 spiro atoms. The number of nitrogens with one attached hydrogen (secondary N) is 1. The molecule has 1 N–H and O–H groups in total. The Labute approximate surface area is 146 Å². The van der Waals surface area contributed by atoms with Crippen molar-refractivity contribution in [3.63, 3.8) is 0 Å². The molecule has 0 radical (unpaired) electrons. The van der Waals surface area contributed by atoms with E-state index in [1.54, 1.807) is 12.5 Å². The summed E-state index contributed by atoms with van der Waals surface area (Å²) >= 11 is 0. The van der Waals surface area contributed by atoms with E-state index in [-0.39, 0.29) is 6.04 Å². The fourth-order valence-electron chi connectivity index (χ4n) is 2.96. The number of benzene rings is 2. The lowest BCUT2D eigenvalue weighted by Crippen LogP contribution is -2.12. The third-order valence-electron chi connectivity index (χ3n) is 4.25. The molecule has 0 aliphatic carbocycles. The van der Waals surface area contributed by atoms with Crippen molar-refractivity contribution in [1.82, 2.24) is 19.5 Å². The van der Waals surface area contributed by atoms with Gasteiger partial charge in [0.2, 0.25) is 5.95 Å². The highest BCUT2D eigenvalue weighted by Crippen LogP contribution is 2.21. The minimum Gasteiger partial charge on any atom is -0.347 e. The highest BCUT2D eigenvalue weighted by Gasteiger charge is 2.11. The number of aromatic nitrogens is 4. The number of hydrogen-bond donors (Lipinski definition) is 1. The first-order valence-corrected chi connectivity index (χ1v) is 8.42. The molecule has 0 saturated heterocycles. The number of hydrogen-bond acceptors (Lipinski definition) is 4. The van der Waals surface area contributed by atoms with E-state index in [0.717, 1.165) is 23.3 Å². The van der Waals surface area contributed by atoms with Crippen molar-refractivity contribution in [2.45, 2.75) is 19.4 Å². The fraction of sp³-hybridized carbons (Fsp3) is 0.150. The normalized spacial score (nSPS) is 12.2. The van der Waals surface area contributed by atoms with Gasteiger partial charge >= 0.3 is 0 Å². The molecule has 4 aromatic rings. The summed E-state index contributed by atoms with van der Waals surface area (Å²) < 4.78 is 1.98. The molecule has 0 aliphatic rings. The van der Waals surface area contributed by atoms with E-state index in [1.807, 2.05) is 41.0 Å². The van der Waals surface area contributed by atoms with Crippen molar-refractivity contribution in [2.75, 3.05) is 5.32 Å². The third kappa shape index (κ3) is 3.08. The Balaban J connectivity index is 1.65. The Morgan fingerprint density at radius 2 is 1.76 bits per heavy atom. The smallest absolute Gasteiger partial charge is 0.225 e. The van der Waals surface area contributed by atoms with E-state index >= 15 is 0 Å². The molecule has 0 bridgehead atoms. The van der Waals surface area contributed by atoms with Crippen LogP contribution in [0.15, 0.2) is 73.2 Å². The van der Waals surface area contributed by atoms with Crippen LogP contribution in [-0.2, 0) is 0 Å². The minimum absolute atomic E-state index is 0.177. The van der Waals surface area contributed by atoms with Gasteiger partial charge in [0.25, 0.3) is 0 Å². The van der Waals surface area contributed by atoms with Gasteiger partial charge in [-0.3, -0.25) is 4.57 Å². The Bertz CT molecular complexity index is 977. The molecule has 0 amide bonds. The number of fused-ring (bicyclic) bond motifs is 1. The largest absolute Gasteiger partial charge is 0.347 e. The summed E-state index contributed by atoms with van der Waals surface area (Å²) in [6.07, 6.45) is 4.52. The molecule has 2 aromatic carbocycles. The average Bonchev–Trinajstić information content (AvgIpc) is 3.11. The van der Waals surface area contributed by atoms with Gasteiger partial charge in [0.15, 0.2) is 0 Å². The topological polar surface area (TPSA) is 55.6 Å². The molecule has 5 heteroatoms. The van der Waals surface area contributed by atoms with Crippen molar-refractivity contribution in [1.29, 1.82) is 0 Å². The molecular formula is C20H19N5. The average molecular weight is 329 g/mol. The maximum absolute atomic E-state index is 4.68. The van der Waals surface area contributed by atoms with Gasteiger partial charge < -0.3 is 5.32 Å². The van der Waals surface area contributed by atoms with E-state index in [1.165, 1.54) is 5.56 Å². The van der Waals surface area contributed by atoms with Gasteiger partial charge in [-0.05, 0) is 30.2 Å². The molecule has 5 nitrogen and oxygen atoms in total. The molecule has 0 fully saturated rings. The Morgan fingerprint density at radius 3 is 2.60 bits per heavy atom. The quantitative estimate of drug-likeness (QED) is 0.590. The standard InChI is InChI=1S/C20H19N5/c1-2-16(15-8-4-3-5-9-15)23-20-21-13-12-19(24-20)25-14-22-17-10-6-7-11-18(17)25/h3-14,16H,2H2,1H3,(H,21,23,24). The van der Waals surface area contributed by atoms with Crippen LogP contribution in [0.3, 0.4) is 0 Å². The Morgan fingerprint density at radius 1 is 0.960 bits per heavy atom. The number of rotatable bonds is 5. The van der Waals surface area contributed by atoms with Crippen molar-refractivity contribution >= 4 is 17.0 Å². The van der Waals surface area contributed by atoms with Crippen LogP contribution in [0.4, 0.5) is 5.95 Å². The molecule has 25 heavy (non-hydrogen) atoms. The number of para-hydroxylation sites is 2. The van der Waals surface area contributed by atoms with Crippen LogP contribution in [0.25, 0.3) is 16.9 Å². The zero-order valence-electron chi connectivity index (χ0n) is 14.0. The van der Waals surface area contributed by atoms with Gasteiger partial charge in [-0.2, -0.15) is 4.98 Å². The lowest BCUT2D eigenvalue weighted by Gasteiger charge is -2.17. The van der Waals surface area contributed by atoms with Crippen LogP contribution in [0.1, 0.15) is 24.9 Å². The monoisotopic (exact) mass is 329 g/mol. The lowest BCUT2D eigenvalue weighted by molar-refractivity contribution is 0.737. The van der Waals surface area contributed by atoms with Crippen molar-refractivity contribution < 1.29 is 0 Å². The predicted octanol–water partition coefficient (Wildman–Crippen LogP) is 4.38. The third-order valence-corrected chi connectivity index (χ3v) is 4.25. The maximum Gasteiger partial charge on any atom is 0.225 e. The predicted molar refractivity (Wildman–Crippen MR) is 99.8 cm³/mol. The van der Waals surface area contributed by atoms with Gasteiger partial charge in [-0.25, -0.2) is 9.97 Å². The molecule has 0 saturated carbocycles. The minimum atomic E-state index is 0.177. The summed E-state index contributed by atoms with van der Waals surface area (Å²) in [6.45, 7) is 2.15. The van der Waals surface area contributed by atoms with Crippen LogP contribution in [0.5, 0.6) is 0 Å². The zero-order chi connectivity index (χ0) is 17.1. The van der Waals surface area contributed by atoms with Crippen LogP contribution in [0.2, 0.25) is 0 Å². The summed E-state index contributed by atoms with van der Waals surface area (Å²) in [5.74, 6) is 1.42. The molecule has 4 rings (SSSR count). The highest BCUT2D eigenvalue weighted by molar-refractivity contribution is 5.76. The van der Waals surface area contributed by atoms with Crippen molar-refractivity contribution in [3.05, 3.63) is 78.8 Å². The van der Waals surface area contributed by atoms with Gasteiger partial charge in [-0.15, -0.1) is 0 Å². The zero-order valence-corrected chi connectivity index (χ0v) is 14.0. The molecule has 2 heterocycles. The summed E-state index contributed by atoms with van der Waals surface area (Å²) in [4.78, 5) is 13.5. The van der Waals surface area contributed by atoms with Crippen molar-refractivity contribution in [3.8, 4) is 5.82 Å².